The van der Waals surface area contributed by atoms with E-state index in [1.54, 1.807) is 0 Å². The van der Waals surface area contributed by atoms with Crippen molar-refractivity contribution in [2.75, 3.05) is 4.90 Å². The number of aromatic nitrogens is 4. The quantitative estimate of drug-likeness (QED) is 0.185. The molecule has 2 atom stereocenters. The molecule has 0 saturated heterocycles. The van der Waals surface area contributed by atoms with Gasteiger partial charge in [-0.25, -0.2) is 4.98 Å². The van der Waals surface area contributed by atoms with E-state index in [0.717, 1.165) is 35.0 Å². The Morgan fingerprint density at radius 3 is 1.96 bits per heavy atom. The first-order valence-electron chi connectivity index (χ1n) is 16.9. The summed E-state index contributed by atoms with van der Waals surface area (Å²) in [6.07, 6.45) is 9.16. The first kappa shape index (κ1) is 28.4. The minimum atomic E-state index is 0.166. The molecule has 2 aromatic heterocycles. The molecule has 5 nitrogen and oxygen atoms in total. The number of fused-ring (bicyclic) bond motifs is 7. The van der Waals surface area contributed by atoms with Crippen LogP contribution in [0.3, 0.4) is 0 Å². The van der Waals surface area contributed by atoms with Crippen molar-refractivity contribution in [3.63, 3.8) is 0 Å². The van der Waals surface area contributed by atoms with Gasteiger partial charge in [-0.05, 0) is 48.2 Å². The lowest BCUT2D eigenvalue weighted by Gasteiger charge is -2.30. The Bertz CT molecular complexity index is 2310. The number of anilines is 2. The van der Waals surface area contributed by atoms with Crippen LogP contribution in [-0.2, 0) is 6.42 Å². The highest BCUT2D eigenvalue weighted by atomic mass is 15.2. The molecule has 1 aliphatic carbocycles. The minimum Gasteiger partial charge on any atom is -0.332 e. The number of benzene rings is 5. The molecule has 3 heterocycles. The molecule has 0 bridgehead atoms. The van der Waals surface area contributed by atoms with Crippen molar-refractivity contribution < 1.29 is 0 Å². The van der Waals surface area contributed by atoms with E-state index in [0.29, 0.717) is 17.6 Å². The molecule has 0 N–H and O–H groups in total. The van der Waals surface area contributed by atoms with E-state index in [1.165, 1.54) is 38.8 Å². The number of para-hydroxylation sites is 1. The highest BCUT2D eigenvalue weighted by molar-refractivity contribution is 6.15. The summed E-state index contributed by atoms with van der Waals surface area (Å²) in [7, 11) is 0. The third-order valence-corrected chi connectivity index (χ3v) is 9.90. The molecule has 0 fully saturated rings. The fourth-order valence-corrected chi connectivity index (χ4v) is 7.52. The number of hydrogen-bond donors (Lipinski definition) is 0. The van der Waals surface area contributed by atoms with Gasteiger partial charge in [0.2, 0.25) is 5.95 Å². The van der Waals surface area contributed by atoms with Gasteiger partial charge in [-0.15, -0.1) is 0 Å². The zero-order valence-electron chi connectivity index (χ0n) is 27.1. The van der Waals surface area contributed by atoms with E-state index in [1.807, 2.05) is 36.4 Å². The Hall–Kier alpha value is -5.81. The monoisotopic (exact) mass is 621 g/mol. The standard InChI is InChI=1S/C43H35N5/c1-3-28-20-24-37-35(26-28)33-22-23-34-36-27-29(4-2)21-25-38(36)48(40(34)39(33)47(37)32-18-12-7-13-19-32)43-45-41(30-14-8-5-9-15-30)44-42(46-43)31-16-10-6-11-17-31/h5-27,35,37H,3-4H2,1-2H3. The van der Waals surface area contributed by atoms with Crippen LogP contribution < -0.4 is 4.90 Å². The predicted octanol–water partition coefficient (Wildman–Crippen LogP) is 10.4. The number of allylic oxidation sites excluding steroid dienone is 2. The van der Waals surface area contributed by atoms with E-state index in [-0.39, 0.29) is 12.0 Å². The van der Waals surface area contributed by atoms with Crippen LogP contribution in [0.1, 0.15) is 37.3 Å². The van der Waals surface area contributed by atoms with Crippen molar-refractivity contribution in [3.8, 4) is 28.7 Å². The molecule has 9 rings (SSSR count). The van der Waals surface area contributed by atoms with Gasteiger partial charge < -0.3 is 4.90 Å². The first-order valence-corrected chi connectivity index (χ1v) is 16.9. The molecule has 0 spiro atoms. The highest BCUT2D eigenvalue weighted by Crippen LogP contribution is 2.53. The maximum Gasteiger partial charge on any atom is 0.238 e. The number of hydrogen-bond acceptors (Lipinski definition) is 4. The fraction of sp³-hybridized carbons (Fsp3) is 0.140. The second-order valence-electron chi connectivity index (χ2n) is 12.6. The number of rotatable bonds is 6. The van der Waals surface area contributed by atoms with Crippen LogP contribution in [0.25, 0.3) is 50.5 Å². The normalized spacial score (nSPS) is 16.7. The Kier molecular flexibility index (Phi) is 6.78. The lowest BCUT2D eigenvalue weighted by molar-refractivity contribution is 0.734. The maximum atomic E-state index is 5.25. The van der Waals surface area contributed by atoms with Gasteiger partial charge >= 0.3 is 0 Å². The molecule has 7 aromatic rings. The number of nitrogens with zero attached hydrogens (tertiary/aromatic N) is 5. The summed E-state index contributed by atoms with van der Waals surface area (Å²) in [6.45, 7) is 4.46. The maximum absolute atomic E-state index is 5.25. The molecule has 5 aromatic carbocycles. The van der Waals surface area contributed by atoms with Gasteiger partial charge in [-0.3, -0.25) is 4.57 Å². The molecule has 0 radical (unpaired) electrons. The SMILES string of the molecule is CCC1=CC2c3ccc4c5cc(CC)ccc5n(-c5nc(-c6ccccc6)nc(-c6ccccc6)n5)c4c3N(c3ccccc3)C2C=C1. The topological polar surface area (TPSA) is 46.8 Å². The van der Waals surface area contributed by atoms with Gasteiger partial charge in [-0.1, -0.05) is 135 Å². The third-order valence-electron chi connectivity index (χ3n) is 9.90. The van der Waals surface area contributed by atoms with Gasteiger partial charge in [0.1, 0.15) is 0 Å². The fourth-order valence-electron chi connectivity index (χ4n) is 7.52. The summed E-state index contributed by atoms with van der Waals surface area (Å²) >= 11 is 0. The van der Waals surface area contributed by atoms with E-state index in [4.69, 9.17) is 15.0 Å². The van der Waals surface area contributed by atoms with Crippen LogP contribution in [0.15, 0.2) is 145 Å². The predicted molar refractivity (Wildman–Crippen MR) is 197 cm³/mol. The Morgan fingerprint density at radius 1 is 0.646 bits per heavy atom. The molecule has 2 aliphatic rings. The minimum absolute atomic E-state index is 0.166. The van der Waals surface area contributed by atoms with Crippen molar-refractivity contribution in [1.82, 2.24) is 19.5 Å². The van der Waals surface area contributed by atoms with Crippen molar-refractivity contribution in [1.29, 1.82) is 0 Å². The van der Waals surface area contributed by atoms with Crippen molar-refractivity contribution in [3.05, 3.63) is 156 Å². The van der Waals surface area contributed by atoms with Crippen LogP contribution in [0.2, 0.25) is 0 Å². The molecule has 5 heteroatoms. The van der Waals surface area contributed by atoms with Gasteiger partial charge in [0.05, 0.1) is 22.8 Å². The zero-order chi connectivity index (χ0) is 32.2. The van der Waals surface area contributed by atoms with Crippen molar-refractivity contribution in [2.24, 2.45) is 0 Å². The molecule has 232 valence electrons. The molecule has 48 heavy (non-hydrogen) atoms. The second kappa shape index (κ2) is 11.5. The van der Waals surface area contributed by atoms with E-state index < -0.39 is 0 Å². The molecule has 2 unspecified atom stereocenters. The summed E-state index contributed by atoms with van der Waals surface area (Å²) in [5.74, 6) is 2.16. The van der Waals surface area contributed by atoms with Crippen LogP contribution in [0.4, 0.5) is 11.4 Å². The Balaban J connectivity index is 1.41. The van der Waals surface area contributed by atoms with Crippen LogP contribution in [-0.4, -0.2) is 25.6 Å². The van der Waals surface area contributed by atoms with Crippen molar-refractivity contribution in [2.45, 2.75) is 38.6 Å². The van der Waals surface area contributed by atoms with Gasteiger partial charge in [0.15, 0.2) is 11.6 Å². The molecule has 1 aliphatic heterocycles. The average Bonchev–Trinajstić information content (AvgIpc) is 3.67. The van der Waals surface area contributed by atoms with Crippen molar-refractivity contribution >= 4 is 33.2 Å². The van der Waals surface area contributed by atoms with Gasteiger partial charge in [0.25, 0.3) is 0 Å². The smallest absolute Gasteiger partial charge is 0.238 e. The van der Waals surface area contributed by atoms with E-state index in [9.17, 15) is 0 Å². The summed E-state index contributed by atoms with van der Waals surface area (Å²) < 4.78 is 2.30. The molecule has 0 amide bonds. The van der Waals surface area contributed by atoms with Crippen LogP contribution >= 0.6 is 0 Å². The summed E-state index contributed by atoms with van der Waals surface area (Å²) in [6, 6.07) is 43.0. The summed E-state index contributed by atoms with van der Waals surface area (Å²) in [5, 5.41) is 2.41. The van der Waals surface area contributed by atoms with Crippen LogP contribution in [0, 0.1) is 0 Å². The molecular formula is C43H35N5. The second-order valence-corrected chi connectivity index (χ2v) is 12.6. The summed E-state index contributed by atoms with van der Waals surface area (Å²) in [5.41, 5.74) is 10.5. The van der Waals surface area contributed by atoms with E-state index in [2.05, 4.69) is 126 Å². The zero-order valence-corrected chi connectivity index (χ0v) is 27.1. The van der Waals surface area contributed by atoms with Crippen LogP contribution in [0.5, 0.6) is 0 Å². The first-order chi connectivity index (χ1) is 23.7. The van der Waals surface area contributed by atoms with E-state index >= 15 is 0 Å². The average molecular weight is 622 g/mol. The Morgan fingerprint density at radius 2 is 1.31 bits per heavy atom. The lowest BCUT2D eigenvalue weighted by atomic mass is 9.87. The van der Waals surface area contributed by atoms with Gasteiger partial charge in [-0.2, -0.15) is 9.97 Å². The third kappa shape index (κ3) is 4.49. The summed E-state index contributed by atoms with van der Waals surface area (Å²) in [4.78, 5) is 18.1. The van der Waals surface area contributed by atoms with Gasteiger partial charge in [0, 0.05) is 33.5 Å². The number of aryl methyl sites for hydroxylation is 1. The largest absolute Gasteiger partial charge is 0.332 e. The lowest BCUT2D eigenvalue weighted by Crippen LogP contribution is -2.29. The Labute approximate surface area is 280 Å². The molecular weight excluding hydrogens is 587 g/mol. The highest BCUT2D eigenvalue weighted by Gasteiger charge is 2.40. The molecule has 0 saturated carbocycles.